The second kappa shape index (κ2) is 5.97. The van der Waals surface area contributed by atoms with Crippen molar-refractivity contribution in [1.29, 1.82) is 5.26 Å². The summed E-state index contributed by atoms with van der Waals surface area (Å²) in [6.07, 6.45) is 2.38. The zero-order valence-corrected chi connectivity index (χ0v) is 11.4. The lowest BCUT2D eigenvalue weighted by atomic mass is 10.1. The number of aromatic nitrogens is 3. The molecule has 0 fully saturated rings. The minimum Gasteiger partial charge on any atom is -0.351 e. The number of aryl methyl sites for hydroxylation is 1. The van der Waals surface area contributed by atoms with E-state index in [1.165, 1.54) is 0 Å². The smallest absolute Gasteiger partial charge is 0.261 e. The Morgan fingerprint density at radius 3 is 3.05 bits per heavy atom. The fraction of sp³-hybridized carbons (Fsp3) is 0.286. The number of fused-ring (bicyclic) bond motifs is 1. The summed E-state index contributed by atoms with van der Waals surface area (Å²) in [6, 6.07) is 7.41. The quantitative estimate of drug-likeness (QED) is 0.671. The molecule has 6 heteroatoms. The van der Waals surface area contributed by atoms with E-state index in [0.717, 1.165) is 23.0 Å². The van der Waals surface area contributed by atoms with E-state index in [2.05, 4.69) is 15.6 Å². The summed E-state index contributed by atoms with van der Waals surface area (Å²) < 4.78 is 1.67. The number of nitrogens with zero attached hydrogens (tertiary/aromatic N) is 4. The standard InChI is InChI=1S/C14H15N5O/c1-3-6-16-14(20)11(9-15)7-10-4-5-13-12(8-10)17-18-19(13)2/h4-5,7-8H,3,6H2,1-2H3,(H,16,20)/b11-7-. The number of rotatable bonds is 4. The molecular weight excluding hydrogens is 254 g/mol. The first-order valence-electron chi connectivity index (χ1n) is 6.35. The van der Waals surface area contributed by atoms with Crippen LogP contribution in [0.2, 0.25) is 0 Å². The van der Waals surface area contributed by atoms with Crippen molar-refractivity contribution in [2.75, 3.05) is 6.54 Å². The zero-order valence-electron chi connectivity index (χ0n) is 11.4. The van der Waals surface area contributed by atoms with E-state index in [1.54, 1.807) is 16.8 Å². The van der Waals surface area contributed by atoms with Crippen LogP contribution in [-0.2, 0) is 11.8 Å². The highest BCUT2D eigenvalue weighted by Gasteiger charge is 2.08. The molecule has 6 nitrogen and oxygen atoms in total. The van der Waals surface area contributed by atoms with Gasteiger partial charge in [0.25, 0.3) is 5.91 Å². The molecule has 0 spiro atoms. The zero-order chi connectivity index (χ0) is 14.5. The Balaban J connectivity index is 2.30. The van der Waals surface area contributed by atoms with Crippen molar-refractivity contribution in [2.45, 2.75) is 13.3 Å². The Morgan fingerprint density at radius 2 is 2.35 bits per heavy atom. The van der Waals surface area contributed by atoms with Crippen LogP contribution in [-0.4, -0.2) is 27.4 Å². The summed E-state index contributed by atoms with van der Waals surface area (Å²) in [7, 11) is 1.81. The maximum absolute atomic E-state index is 11.8. The predicted molar refractivity (Wildman–Crippen MR) is 75.4 cm³/mol. The summed E-state index contributed by atoms with van der Waals surface area (Å²) in [6.45, 7) is 2.51. The van der Waals surface area contributed by atoms with Gasteiger partial charge in [0.1, 0.15) is 17.2 Å². The van der Waals surface area contributed by atoms with Crippen LogP contribution in [0.3, 0.4) is 0 Å². The van der Waals surface area contributed by atoms with Crippen LogP contribution in [0, 0.1) is 11.3 Å². The molecule has 1 aromatic carbocycles. The van der Waals surface area contributed by atoms with E-state index in [1.807, 2.05) is 32.2 Å². The lowest BCUT2D eigenvalue weighted by molar-refractivity contribution is -0.117. The second-order valence-corrected chi connectivity index (χ2v) is 4.39. The van der Waals surface area contributed by atoms with Crippen LogP contribution in [0.25, 0.3) is 17.1 Å². The van der Waals surface area contributed by atoms with Gasteiger partial charge in [-0.2, -0.15) is 5.26 Å². The van der Waals surface area contributed by atoms with Crippen molar-refractivity contribution in [2.24, 2.45) is 7.05 Å². The maximum atomic E-state index is 11.8. The Kier molecular flexibility index (Phi) is 4.11. The van der Waals surface area contributed by atoms with Crippen molar-refractivity contribution in [1.82, 2.24) is 20.3 Å². The van der Waals surface area contributed by atoms with Crippen LogP contribution in [0.1, 0.15) is 18.9 Å². The van der Waals surface area contributed by atoms with Gasteiger partial charge in [-0.3, -0.25) is 4.79 Å². The number of carbonyl (C=O) groups is 1. The SMILES string of the molecule is CCCNC(=O)/C(C#N)=C\c1ccc2c(c1)nnn2C. The molecule has 0 saturated carbocycles. The summed E-state index contributed by atoms with van der Waals surface area (Å²) in [5, 5.41) is 19.7. The molecular formula is C14H15N5O. The van der Waals surface area contributed by atoms with Gasteiger partial charge in [-0.1, -0.05) is 18.2 Å². The monoisotopic (exact) mass is 269 g/mol. The van der Waals surface area contributed by atoms with Gasteiger partial charge in [-0.25, -0.2) is 4.68 Å². The highest BCUT2D eigenvalue weighted by Crippen LogP contribution is 2.15. The molecule has 0 unspecified atom stereocenters. The van der Waals surface area contributed by atoms with E-state index in [-0.39, 0.29) is 11.5 Å². The predicted octanol–water partition coefficient (Wildman–Crippen LogP) is 1.40. The highest BCUT2D eigenvalue weighted by molar-refractivity contribution is 6.01. The van der Waals surface area contributed by atoms with Gasteiger partial charge >= 0.3 is 0 Å². The normalized spacial score (nSPS) is 11.3. The van der Waals surface area contributed by atoms with E-state index in [4.69, 9.17) is 5.26 Å². The average molecular weight is 269 g/mol. The molecule has 1 N–H and O–H groups in total. The minimum atomic E-state index is -0.353. The summed E-state index contributed by atoms with van der Waals surface area (Å²) in [4.78, 5) is 11.8. The number of benzene rings is 1. The van der Waals surface area contributed by atoms with Gasteiger partial charge in [0.2, 0.25) is 0 Å². The van der Waals surface area contributed by atoms with Crippen LogP contribution in [0.15, 0.2) is 23.8 Å². The first-order chi connectivity index (χ1) is 9.65. The third kappa shape index (κ3) is 2.83. The number of nitrogens with one attached hydrogen (secondary N) is 1. The fourth-order valence-electron chi connectivity index (χ4n) is 1.80. The second-order valence-electron chi connectivity index (χ2n) is 4.39. The number of hydrogen-bond acceptors (Lipinski definition) is 4. The summed E-state index contributed by atoms with van der Waals surface area (Å²) in [5.41, 5.74) is 2.46. The number of nitriles is 1. The molecule has 0 atom stereocenters. The van der Waals surface area contributed by atoms with Gasteiger partial charge < -0.3 is 5.32 Å². The van der Waals surface area contributed by atoms with E-state index >= 15 is 0 Å². The van der Waals surface area contributed by atoms with Crippen molar-refractivity contribution in [3.8, 4) is 6.07 Å². The van der Waals surface area contributed by atoms with Crippen molar-refractivity contribution >= 4 is 23.0 Å². The van der Waals surface area contributed by atoms with E-state index < -0.39 is 0 Å². The van der Waals surface area contributed by atoms with Gasteiger partial charge in [-0.15, -0.1) is 5.10 Å². The Hall–Kier alpha value is -2.68. The summed E-state index contributed by atoms with van der Waals surface area (Å²) in [5.74, 6) is -0.353. The number of carbonyl (C=O) groups excluding carboxylic acids is 1. The van der Waals surface area contributed by atoms with Gasteiger partial charge in [0.15, 0.2) is 0 Å². The first kappa shape index (κ1) is 13.7. The molecule has 1 heterocycles. The molecule has 102 valence electrons. The van der Waals surface area contributed by atoms with E-state index in [0.29, 0.717) is 6.54 Å². The maximum Gasteiger partial charge on any atom is 0.261 e. The molecule has 0 saturated heterocycles. The van der Waals surface area contributed by atoms with Gasteiger partial charge in [0.05, 0.1) is 5.52 Å². The summed E-state index contributed by atoms with van der Waals surface area (Å²) >= 11 is 0. The van der Waals surface area contributed by atoms with Crippen LogP contribution >= 0.6 is 0 Å². The molecule has 0 aliphatic rings. The number of hydrogen-bond donors (Lipinski definition) is 1. The average Bonchev–Trinajstić information content (AvgIpc) is 2.83. The minimum absolute atomic E-state index is 0.0849. The Morgan fingerprint density at radius 1 is 1.55 bits per heavy atom. The molecule has 0 aliphatic carbocycles. The van der Waals surface area contributed by atoms with E-state index in [9.17, 15) is 4.79 Å². The topological polar surface area (TPSA) is 83.6 Å². The molecule has 2 rings (SSSR count). The Bertz CT molecular complexity index is 708. The molecule has 0 aliphatic heterocycles. The van der Waals surface area contributed by atoms with Crippen LogP contribution in [0.5, 0.6) is 0 Å². The Labute approximate surface area is 116 Å². The first-order valence-corrected chi connectivity index (χ1v) is 6.35. The third-order valence-electron chi connectivity index (χ3n) is 2.85. The fourth-order valence-corrected chi connectivity index (χ4v) is 1.80. The highest BCUT2D eigenvalue weighted by atomic mass is 16.1. The third-order valence-corrected chi connectivity index (χ3v) is 2.85. The number of amides is 1. The van der Waals surface area contributed by atoms with Crippen molar-refractivity contribution < 1.29 is 4.79 Å². The molecule has 0 radical (unpaired) electrons. The van der Waals surface area contributed by atoms with Gasteiger partial charge in [-0.05, 0) is 30.2 Å². The molecule has 1 aromatic heterocycles. The van der Waals surface area contributed by atoms with Crippen molar-refractivity contribution in [3.05, 3.63) is 29.3 Å². The van der Waals surface area contributed by atoms with Crippen LogP contribution in [0.4, 0.5) is 0 Å². The molecule has 2 aromatic rings. The lowest BCUT2D eigenvalue weighted by Gasteiger charge is -2.01. The lowest BCUT2D eigenvalue weighted by Crippen LogP contribution is -2.25. The molecule has 20 heavy (non-hydrogen) atoms. The van der Waals surface area contributed by atoms with Gasteiger partial charge in [0, 0.05) is 13.6 Å². The molecule has 1 amide bonds. The van der Waals surface area contributed by atoms with Crippen molar-refractivity contribution in [3.63, 3.8) is 0 Å². The van der Waals surface area contributed by atoms with Crippen LogP contribution < -0.4 is 5.32 Å². The largest absolute Gasteiger partial charge is 0.351 e. The molecule has 0 bridgehead atoms.